The van der Waals surface area contributed by atoms with Crippen LogP contribution in [0.1, 0.15) is 27.2 Å². The second-order valence-corrected chi connectivity index (χ2v) is 7.30. The van der Waals surface area contributed by atoms with Crippen LogP contribution in [0.3, 0.4) is 0 Å². The van der Waals surface area contributed by atoms with Gasteiger partial charge in [0, 0.05) is 0 Å². The van der Waals surface area contributed by atoms with Gasteiger partial charge in [-0.2, -0.15) is 5.10 Å². The number of nitrogens with zero attached hydrogens (tertiary/aromatic N) is 3. The molecule has 0 saturated heterocycles. The van der Waals surface area contributed by atoms with Crippen molar-refractivity contribution in [1.82, 2.24) is 14.8 Å². The van der Waals surface area contributed by atoms with Crippen molar-refractivity contribution in [1.29, 1.82) is 0 Å². The smallest absolute Gasteiger partial charge is 0.260 e. The summed E-state index contributed by atoms with van der Waals surface area (Å²) in [5.41, 5.74) is 5.58. The minimum atomic E-state index is -0.197. The molecule has 0 atom stereocenters. The van der Waals surface area contributed by atoms with Gasteiger partial charge in [0.1, 0.15) is 0 Å². The second-order valence-electron chi connectivity index (χ2n) is 6.27. The lowest BCUT2D eigenvalue weighted by molar-refractivity contribution is 0.102. The normalized spacial score (nSPS) is 11.0. The molecule has 6 heteroatoms. The molecule has 4 aromatic rings. The van der Waals surface area contributed by atoms with Crippen LogP contribution in [0.2, 0.25) is 0 Å². The van der Waals surface area contributed by atoms with Crippen LogP contribution >= 0.6 is 11.3 Å². The lowest BCUT2D eigenvalue weighted by atomic mass is 10.1. The summed E-state index contributed by atoms with van der Waals surface area (Å²) in [5.74, 6) is -0.197. The highest BCUT2D eigenvalue weighted by Gasteiger charge is 2.17. The number of benzene rings is 2. The van der Waals surface area contributed by atoms with Crippen molar-refractivity contribution in [2.24, 2.45) is 0 Å². The lowest BCUT2D eigenvalue weighted by Crippen LogP contribution is -2.12. The zero-order valence-electron chi connectivity index (χ0n) is 14.8. The molecule has 2 heterocycles. The van der Waals surface area contributed by atoms with Gasteiger partial charge in [0.25, 0.3) is 5.91 Å². The first kappa shape index (κ1) is 16.5. The third kappa shape index (κ3) is 2.88. The number of anilines is 1. The molecule has 2 aromatic heterocycles. The average molecular weight is 362 g/mol. The largest absolute Gasteiger partial charge is 0.298 e. The molecular weight excluding hydrogens is 344 g/mol. The number of aryl methyl sites for hydroxylation is 2. The van der Waals surface area contributed by atoms with Crippen molar-refractivity contribution >= 4 is 32.6 Å². The topological polar surface area (TPSA) is 59.8 Å². The molecule has 130 valence electrons. The van der Waals surface area contributed by atoms with Gasteiger partial charge in [-0.15, -0.1) is 0 Å². The Hall–Kier alpha value is -2.99. The molecule has 0 aliphatic heterocycles. The van der Waals surface area contributed by atoms with Gasteiger partial charge in [0.15, 0.2) is 5.13 Å². The molecule has 26 heavy (non-hydrogen) atoms. The molecule has 4 rings (SSSR count). The van der Waals surface area contributed by atoms with E-state index in [1.165, 1.54) is 22.5 Å². The molecule has 0 spiro atoms. The van der Waals surface area contributed by atoms with Gasteiger partial charge in [0.2, 0.25) is 0 Å². The standard InChI is InChI=1S/C20H18N4OS/c1-12-9-17-18(10-13(12)2)26-20(22-17)23-19(25)16-11-21-24(14(16)3)15-7-5-4-6-8-15/h4-11H,1-3H3,(H,22,23,25). The van der Waals surface area contributed by atoms with Gasteiger partial charge in [-0.25, -0.2) is 9.67 Å². The number of para-hydroxylation sites is 1. The van der Waals surface area contributed by atoms with Crippen LogP contribution < -0.4 is 5.32 Å². The Morgan fingerprint density at radius 3 is 2.58 bits per heavy atom. The van der Waals surface area contributed by atoms with Gasteiger partial charge in [0.05, 0.1) is 33.4 Å². The molecule has 0 unspecified atom stereocenters. The summed E-state index contributed by atoms with van der Waals surface area (Å²) in [6, 6.07) is 13.9. The highest BCUT2D eigenvalue weighted by Crippen LogP contribution is 2.28. The molecule has 0 aliphatic carbocycles. The van der Waals surface area contributed by atoms with Crippen LogP contribution in [0, 0.1) is 20.8 Å². The van der Waals surface area contributed by atoms with E-state index in [9.17, 15) is 4.79 Å². The molecule has 0 radical (unpaired) electrons. The van der Waals surface area contributed by atoms with E-state index in [1.807, 2.05) is 37.3 Å². The first-order chi connectivity index (χ1) is 12.5. The number of carbonyl (C=O) groups is 1. The predicted octanol–water partition coefficient (Wildman–Crippen LogP) is 4.66. The molecule has 1 amide bonds. The Morgan fingerprint density at radius 1 is 1.08 bits per heavy atom. The summed E-state index contributed by atoms with van der Waals surface area (Å²) in [4.78, 5) is 17.2. The first-order valence-electron chi connectivity index (χ1n) is 8.32. The number of amides is 1. The minimum absolute atomic E-state index is 0.197. The van der Waals surface area contributed by atoms with Crippen molar-refractivity contribution < 1.29 is 4.79 Å². The predicted molar refractivity (Wildman–Crippen MR) is 105 cm³/mol. The quantitative estimate of drug-likeness (QED) is 0.577. The Labute approximate surface area is 155 Å². The summed E-state index contributed by atoms with van der Waals surface area (Å²) in [5, 5.41) is 7.86. The van der Waals surface area contributed by atoms with Crippen LogP contribution in [0.25, 0.3) is 15.9 Å². The number of hydrogen-bond donors (Lipinski definition) is 1. The second kappa shape index (κ2) is 6.38. The minimum Gasteiger partial charge on any atom is -0.298 e. The van der Waals surface area contributed by atoms with Crippen LogP contribution in [-0.2, 0) is 0 Å². The maximum absolute atomic E-state index is 12.7. The van der Waals surface area contributed by atoms with E-state index in [1.54, 1.807) is 10.9 Å². The zero-order valence-corrected chi connectivity index (χ0v) is 15.6. The molecule has 1 N–H and O–H groups in total. The molecule has 0 bridgehead atoms. The van der Waals surface area contributed by atoms with E-state index in [0.29, 0.717) is 10.7 Å². The molecular formula is C20H18N4OS. The number of thiazole rings is 1. The SMILES string of the molecule is Cc1cc2nc(NC(=O)c3cnn(-c4ccccc4)c3C)sc2cc1C. The lowest BCUT2D eigenvalue weighted by Gasteiger charge is -2.05. The van der Waals surface area contributed by atoms with E-state index in [4.69, 9.17) is 0 Å². The summed E-state index contributed by atoms with van der Waals surface area (Å²) < 4.78 is 2.83. The Balaban J connectivity index is 1.62. The third-order valence-electron chi connectivity index (χ3n) is 4.48. The number of carbonyl (C=O) groups excluding carboxylic acids is 1. The van der Waals surface area contributed by atoms with E-state index >= 15 is 0 Å². The number of fused-ring (bicyclic) bond motifs is 1. The van der Waals surface area contributed by atoms with Crippen LogP contribution in [0.5, 0.6) is 0 Å². The highest BCUT2D eigenvalue weighted by molar-refractivity contribution is 7.22. The number of aromatic nitrogens is 3. The van der Waals surface area contributed by atoms with E-state index in [2.05, 4.69) is 41.4 Å². The number of nitrogens with one attached hydrogen (secondary N) is 1. The third-order valence-corrected chi connectivity index (χ3v) is 5.41. The van der Waals surface area contributed by atoms with Crippen molar-refractivity contribution in [2.75, 3.05) is 5.32 Å². The molecule has 0 fully saturated rings. The molecule has 2 aromatic carbocycles. The van der Waals surface area contributed by atoms with E-state index < -0.39 is 0 Å². The summed E-state index contributed by atoms with van der Waals surface area (Å²) in [6.45, 7) is 6.03. The van der Waals surface area contributed by atoms with Gasteiger partial charge < -0.3 is 0 Å². The monoisotopic (exact) mass is 362 g/mol. The maximum atomic E-state index is 12.7. The fourth-order valence-electron chi connectivity index (χ4n) is 2.86. The Kier molecular flexibility index (Phi) is 4.05. The zero-order chi connectivity index (χ0) is 18.3. The van der Waals surface area contributed by atoms with Gasteiger partial charge in [-0.1, -0.05) is 29.5 Å². The summed E-state index contributed by atoms with van der Waals surface area (Å²) in [7, 11) is 0. The molecule has 0 aliphatic rings. The van der Waals surface area contributed by atoms with Crippen molar-refractivity contribution in [3.8, 4) is 5.69 Å². The summed E-state index contributed by atoms with van der Waals surface area (Å²) >= 11 is 1.48. The molecule has 5 nitrogen and oxygen atoms in total. The number of hydrogen-bond acceptors (Lipinski definition) is 4. The van der Waals surface area contributed by atoms with Gasteiger partial charge >= 0.3 is 0 Å². The Bertz CT molecular complexity index is 1070. The summed E-state index contributed by atoms with van der Waals surface area (Å²) in [6.07, 6.45) is 1.60. The van der Waals surface area contributed by atoms with Crippen molar-refractivity contribution in [3.05, 3.63) is 71.0 Å². The fourth-order valence-corrected chi connectivity index (χ4v) is 3.80. The molecule has 0 saturated carbocycles. The van der Waals surface area contributed by atoms with Gasteiger partial charge in [-0.3, -0.25) is 10.1 Å². The average Bonchev–Trinajstić information content (AvgIpc) is 3.19. The van der Waals surface area contributed by atoms with Crippen molar-refractivity contribution in [3.63, 3.8) is 0 Å². The first-order valence-corrected chi connectivity index (χ1v) is 9.14. The fraction of sp³-hybridized carbons (Fsp3) is 0.150. The van der Waals surface area contributed by atoms with Crippen LogP contribution in [0.4, 0.5) is 5.13 Å². The number of rotatable bonds is 3. The van der Waals surface area contributed by atoms with Gasteiger partial charge in [-0.05, 0) is 56.2 Å². The Morgan fingerprint density at radius 2 is 1.81 bits per heavy atom. The van der Waals surface area contributed by atoms with E-state index in [-0.39, 0.29) is 5.91 Å². The van der Waals surface area contributed by atoms with E-state index in [0.717, 1.165) is 21.6 Å². The van der Waals surface area contributed by atoms with Crippen LogP contribution in [-0.4, -0.2) is 20.7 Å². The van der Waals surface area contributed by atoms with Crippen LogP contribution in [0.15, 0.2) is 48.7 Å². The van der Waals surface area contributed by atoms with Crippen molar-refractivity contribution in [2.45, 2.75) is 20.8 Å². The highest BCUT2D eigenvalue weighted by atomic mass is 32.1. The maximum Gasteiger partial charge on any atom is 0.260 e.